The quantitative estimate of drug-likeness (QED) is 0.535. The molecule has 0 N–H and O–H groups in total. The van der Waals surface area contributed by atoms with Crippen molar-refractivity contribution in [2.24, 2.45) is 0 Å². The van der Waals surface area contributed by atoms with E-state index in [1.807, 2.05) is 13.8 Å². The molecule has 27 heavy (non-hydrogen) atoms. The molecule has 0 saturated heterocycles. The van der Waals surface area contributed by atoms with Crippen molar-refractivity contribution >= 4 is 21.1 Å². The molecule has 0 amide bonds. The molecule has 0 aliphatic carbocycles. The maximum atomic E-state index is 13.1. The Balaban J connectivity index is 1.88. The van der Waals surface area contributed by atoms with Crippen molar-refractivity contribution in [2.75, 3.05) is 7.11 Å². The number of nitrogens with zero attached hydrogens (tertiary/aromatic N) is 3. The van der Waals surface area contributed by atoms with Crippen molar-refractivity contribution in [1.82, 2.24) is 14.1 Å². The first kappa shape index (κ1) is 17.3. The van der Waals surface area contributed by atoms with Crippen molar-refractivity contribution < 1.29 is 17.7 Å². The van der Waals surface area contributed by atoms with Crippen LogP contribution in [0, 0.1) is 13.8 Å². The average molecular weight is 383 g/mol. The van der Waals surface area contributed by atoms with Crippen molar-refractivity contribution in [3.63, 3.8) is 0 Å². The molecule has 3 heterocycles. The zero-order chi connectivity index (χ0) is 19.2. The highest BCUT2D eigenvalue weighted by Crippen LogP contribution is 2.30. The number of pyridine rings is 1. The molecule has 4 aromatic rings. The second-order valence-corrected chi connectivity index (χ2v) is 7.93. The minimum absolute atomic E-state index is 0.170. The molecule has 8 heteroatoms. The number of ether oxygens (including phenoxy) is 1. The predicted octanol–water partition coefficient (Wildman–Crippen LogP) is 3.55. The van der Waals surface area contributed by atoms with Gasteiger partial charge in [-0.15, -0.1) is 0 Å². The highest BCUT2D eigenvalue weighted by atomic mass is 32.2. The Bertz CT molecular complexity index is 1220. The van der Waals surface area contributed by atoms with Crippen LogP contribution in [0.4, 0.5) is 0 Å². The van der Waals surface area contributed by atoms with E-state index >= 15 is 0 Å². The smallest absolute Gasteiger partial charge is 0.268 e. The maximum Gasteiger partial charge on any atom is 0.268 e. The number of methoxy groups -OCH3 is 1. The van der Waals surface area contributed by atoms with Gasteiger partial charge in [-0.25, -0.2) is 12.4 Å². The van der Waals surface area contributed by atoms with Crippen LogP contribution < -0.4 is 4.74 Å². The Kier molecular flexibility index (Phi) is 4.00. The van der Waals surface area contributed by atoms with Crippen molar-refractivity contribution in [2.45, 2.75) is 18.7 Å². The summed E-state index contributed by atoms with van der Waals surface area (Å²) in [6.45, 7) is 3.65. The second-order valence-electron chi connectivity index (χ2n) is 6.12. The van der Waals surface area contributed by atoms with E-state index in [1.165, 1.54) is 29.4 Å². The first-order valence-electron chi connectivity index (χ1n) is 8.22. The first-order chi connectivity index (χ1) is 12.9. The minimum atomic E-state index is -3.77. The zero-order valence-electron chi connectivity index (χ0n) is 15.0. The number of hydrogen-bond acceptors (Lipinski definition) is 6. The van der Waals surface area contributed by atoms with Gasteiger partial charge in [-0.3, -0.25) is 4.98 Å². The van der Waals surface area contributed by atoms with E-state index in [0.717, 1.165) is 16.8 Å². The van der Waals surface area contributed by atoms with Crippen LogP contribution in [-0.4, -0.2) is 29.6 Å². The molecule has 138 valence electrons. The second kappa shape index (κ2) is 6.24. The van der Waals surface area contributed by atoms with Gasteiger partial charge in [0.1, 0.15) is 11.5 Å². The molecule has 1 aromatic carbocycles. The van der Waals surface area contributed by atoms with Crippen LogP contribution in [0.3, 0.4) is 0 Å². The summed E-state index contributed by atoms with van der Waals surface area (Å²) in [4.78, 5) is 4.57. The molecule has 0 saturated carbocycles. The summed E-state index contributed by atoms with van der Waals surface area (Å²) >= 11 is 0. The summed E-state index contributed by atoms with van der Waals surface area (Å²) in [5.74, 6) is 1.25. The van der Waals surface area contributed by atoms with Crippen molar-refractivity contribution in [3.05, 3.63) is 60.2 Å². The van der Waals surface area contributed by atoms with E-state index in [0.29, 0.717) is 22.5 Å². The fourth-order valence-corrected chi connectivity index (χ4v) is 4.42. The van der Waals surface area contributed by atoms with Gasteiger partial charge in [0.05, 0.1) is 28.7 Å². The number of aryl methyl sites for hydroxylation is 2. The third-order valence-electron chi connectivity index (χ3n) is 4.44. The molecule has 0 bridgehead atoms. The normalized spacial score (nSPS) is 11.8. The lowest BCUT2D eigenvalue weighted by Gasteiger charge is -2.09. The summed E-state index contributed by atoms with van der Waals surface area (Å²) in [5.41, 5.74) is 3.37. The molecule has 0 aliphatic heterocycles. The Labute approximate surface area is 156 Å². The molecule has 0 atom stereocenters. The molecule has 0 unspecified atom stereocenters. The minimum Gasteiger partial charge on any atom is -0.497 e. The molecule has 0 aliphatic rings. The fraction of sp³-hybridized carbons (Fsp3) is 0.158. The zero-order valence-corrected chi connectivity index (χ0v) is 15.8. The van der Waals surface area contributed by atoms with E-state index in [-0.39, 0.29) is 4.90 Å². The summed E-state index contributed by atoms with van der Waals surface area (Å²) in [6, 6.07) is 9.73. The van der Waals surface area contributed by atoms with Gasteiger partial charge in [-0.2, -0.15) is 0 Å². The van der Waals surface area contributed by atoms with Crippen LogP contribution in [0.1, 0.15) is 11.5 Å². The van der Waals surface area contributed by atoms with Gasteiger partial charge in [0.15, 0.2) is 0 Å². The van der Waals surface area contributed by atoms with Gasteiger partial charge in [0.25, 0.3) is 10.0 Å². The van der Waals surface area contributed by atoms with Crippen molar-refractivity contribution in [3.8, 4) is 16.9 Å². The summed E-state index contributed by atoms with van der Waals surface area (Å²) < 4.78 is 37.8. The fourth-order valence-electron chi connectivity index (χ4n) is 3.09. The number of benzene rings is 1. The molecule has 0 radical (unpaired) electrons. The Hall–Kier alpha value is -3.13. The summed E-state index contributed by atoms with van der Waals surface area (Å²) in [6.07, 6.45) is 3.20. The van der Waals surface area contributed by atoms with Gasteiger partial charge in [0, 0.05) is 23.5 Å². The standard InChI is InChI=1S/C19H17N3O4S/c1-12-19(13(2)26-21-12)14-10-18-17(20-11-14)8-9-22(18)27(23,24)16-6-4-15(25-3)5-7-16/h4-11H,1-3H3. The van der Waals surface area contributed by atoms with E-state index in [2.05, 4.69) is 10.1 Å². The van der Waals surface area contributed by atoms with Crippen LogP contribution in [0.5, 0.6) is 5.75 Å². The van der Waals surface area contributed by atoms with E-state index in [9.17, 15) is 8.42 Å². The monoisotopic (exact) mass is 383 g/mol. The number of fused-ring (bicyclic) bond motifs is 1. The van der Waals surface area contributed by atoms with Crippen LogP contribution >= 0.6 is 0 Å². The van der Waals surface area contributed by atoms with E-state index in [1.54, 1.807) is 30.5 Å². The topological polar surface area (TPSA) is 87.2 Å². The van der Waals surface area contributed by atoms with Crippen LogP contribution in [0.2, 0.25) is 0 Å². The summed E-state index contributed by atoms with van der Waals surface area (Å²) in [7, 11) is -2.24. The lowest BCUT2D eigenvalue weighted by molar-refractivity contribution is 0.393. The molecular weight excluding hydrogens is 366 g/mol. The highest BCUT2D eigenvalue weighted by molar-refractivity contribution is 7.90. The Morgan fingerprint density at radius 3 is 2.48 bits per heavy atom. The van der Waals surface area contributed by atoms with Gasteiger partial charge in [-0.05, 0) is 50.2 Å². The first-order valence-corrected chi connectivity index (χ1v) is 9.66. The SMILES string of the molecule is COc1ccc(S(=O)(=O)n2ccc3ncc(-c4c(C)noc4C)cc32)cc1. The van der Waals surface area contributed by atoms with Crippen LogP contribution in [0.25, 0.3) is 22.2 Å². The van der Waals surface area contributed by atoms with Crippen LogP contribution in [-0.2, 0) is 10.0 Å². The molecule has 4 rings (SSSR count). The van der Waals surface area contributed by atoms with E-state index in [4.69, 9.17) is 9.26 Å². The Morgan fingerprint density at radius 2 is 1.85 bits per heavy atom. The lowest BCUT2D eigenvalue weighted by atomic mass is 10.1. The number of rotatable bonds is 4. The molecule has 7 nitrogen and oxygen atoms in total. The summed E-state index contributed by atoms with van der Waals surface area (Å²) in [5, 5.41) is 3.96. The van der Waals surface area contributed by atoms with Gasteiger partial charge >= 0.3 is 0 Å². The maximum absolute atomic E-state index is 13.1. The largest absolute Gasteiger partial charge is 0.497 e. The number of aromatic nitrogens is 3. The van der Waals surface area contributed by atoms with Crippen LogP contribution in [0.15, 0.2) is 58.2 Å². The third kappa shape index (κ3) is 2.78. The van der Waals surface area contributed by atoms with Gasteiger partial charge < -0.3 is 9.26 Å². The molecular formula is C19H17N3O4S. The number of hydrogen-bond donors (Lipinski definition) is 0. The molecule has 0 spiro atoms. The highest BCUT2D eigenvalue weighted by Gasteiger charge is 2.21. The average Bonchev–Trinajstić information content (AvgIpc) is 3.24. The van der Waals surface area contributed by atoms with Gasteiger partial charge in [-0.1, -0.05) is 5.16 Å². The van der Waals surface area contributed by atoms with E-state index < -0.39 is 10.0 Å². The molecule has 3 aromatic heterocycles. The molecule has 0 fully saturated rings. The van der Waals surface area contributed by atoms with Gasteiger partial charge in [0.2, 0.25) is 0 Å². The van der Waals surface area contributed by atoms with Crippen molar-refractivity contribution in [1.29, 1.82) is 0 Å². The predicted molar refractivity (Wildman–Crippen MR) is 100 cm³/mol. The lowest BCUT2D eigenvalue weighted by Crippen LogP contribution is -2.11. The Morgan fingerprint density at radius 1 is 1.11 bits per heavy atom. The third-order valence-corrected chi connectivity index (χ3v) is 6.15.